The van der Waals surface area contributed by atoms with Crippen molar-refractivity contribution in [2.75, 3.05) is 19.6 Å². The van der Waals surface area contributed by atoms with Crippen LogP contribution in [0.2, 0.25) is 0 Å². The summed E-state index contributed by atoms with van der Waals surface area (Å²) in [6.45, 7) is 2.40. The van der Waals surface area contributed by atoms with E-state index in [1.807, 2.05) is 5.41 Å². The smallest absolute Gasteiger partial charge is 0.226 e. The summed E-state index contributed by atoms with van der Waals surface area (Å²) < 4.78 is 13.3. The molecule has 136 valence electrons. The van der Waals surface area contributed by atoms with Crippen LogP contribution < -0.4 is 5.32 Å². The standard InChI is InChI=1S/C18H19FN4O2S/c19-13-3-1-2-12(6-13)9-22-10-14(7-17(22)25)21-16(24)8-15-11-26-18-20-4-5-23(15)18/h1-3,6,11,14H,4-5,7-10H2,(H,21,24)/t14-/m0/s1. The van der Waals surface area contributed by atoms with E-state index in [1.165, 1.54) is 12.1 Å². The lowest BCUT2D eigenvalue weighted by molar-refractivity contribution is -0.128. The molecule has 4 rings (SSSR count). The van der Waals surface area contributed by atoms with Crippen LogP contribution in [-0.2, 0) is 16.1 Å². The van der Waals surface area contributed by atoms with Crippen molar-refractivity contribution >= 4 is 28.7 Å². The number of amides is 2. The zero-order chi connectivity index (χ0) is 18.1. The van der Waals surface area contributed by atoms with Crippen molar-refractivity contribution in [3.05, 3.63) is 46.8 Å². The van der Waals surface area contributed by atoms with E-state index in [0.717, 1.165) is 29.5 Å². The summed E-state index contributed by atoms with van der Waals surface area (Å²) in [6.07, 6.45) is 0.575. The summed E-state index contributed by atoms with van der Waals surface area (Å²) in [5, 5.41) is 5.88. The molecule has 6 nitrogen and oxygen atoms in total. The van der Waals surface area contributed by atoms with Crippen LogP contribution in [0.4, 0.5) is 4.39 Å². The predicted octanol–water partition coefficient (Wildman–Crippen LogP) is 1.69. The van der Waals surface area contributed by atoms with Gasteiger partial charge in [-0.3, -0.25) is 14.6 Å². The molecule has 1 aromatic rings. The van der Waals surface area contributed by atoms with E-state index in [4.69, 9.17) is 0 Å². The highest BCUT2D eigenvalue weighted by molar-refractivity contribution is 8.16. The third-order valence-electron chi connectivity index (χ3n) is 4.63. The number of thioether (sulfide) groups is 1. The fourth-order valence-corrected chi connectivity index (χ4v) is 4.39. The summed E-state index contributed by atoms with van der Waals surface area (Å²) in [6, 6.07) is 6.03. The number of likely N-dealkylation sites (tertiary alicyclic amines) is 1. The van der Waals surface area contributed by atoms with E-state index >= 15 is 0 Å². The normalized spacial score (nSPS) is 21.7. The van der Waals surface area contributed by atoms with Gasteiger partial charge >= 0.3 is 0 Å². The highest BCUT2D eigenvalue weighted by atomic mass is 32.2. The highest BCUT2D eigenvalue weighted by Gasteiger charge is 2.32. The van der Waals surface area contributed by atoms with Crippen molar-refractivity contribution in [2.45, 2.75) is 25.4 Å². The van der Waals surface area contributed by atoms with Crippen molar-refractivity contribution in [1.82, 2.24) is 15.1 Å². The number of hydrogen-bond donors (Lipinski definition) is 1. The van der Waals surface area contributed by atoms with E-state index in [9.17, 15) is 14.0 Å². The lowest BCUT2D eigenvalue weighted by Gasteiger charge is -2.19. The van der Waals surface area contributed by atoms with Crippen LogP contribution in [0.3, 0.4) is 0 Å². The van der Waals surface area contributed by atoms with Crippen LogP contribution in [0, 0.1) is 5.82 Å². The largest absolute Gasteiger partial charge is 0.351 e. The Morgan fingerprint density at radius 2 is 2.31 bits per heavy atom. The monoisotopic (exact) mass is 374 g/mol. The second-order valence-electron chi connectivity index (χ2n) is 6.59. The molecule has 3 aliphatic heterocycles. The number of benzene rings is 1. The van der Waals surface area contributed by atoms with Gasteiger partial charge in [-0.2, -0.15) is 0 Å². The highest BCUT2D eigenvalue weighted by Crippen LogP contribution is 2.30. The molecule has 8 heteroatoms. The molecule has 0 unspecified atom stereocenters. The van der Waals surface area contributed by atoms with Crippen molar-refractivity contribution in [1.29, 1.82) is 0 Å². The Morgan fingerprint density at radius 1 is 1.42 bits per heavy atom. The van der Waals surface area contributed by atoms with E-state index < -0.39 is 0 Å². The topological polar surface area (TPSA) is 65.0 Å². The molecule has 2 amide bonds. The minimum atomic E-state index is -0.313. The van der Waals surface area contributed by atoms with Gasteiger partial charge in [-0.15, -0.1) is 0 Å². The van der Waals surface area contributed by atoms with Crippen molar-refractivity contribution in [3.8, 4) is 0 Å². The van der Waals surface area contributed by atoms with Crippen LogP contribution in [0.15, 0.2) is 40.4 Å². The Bertz CT molecular complexity index is 810. The Kier molecular flexibility index (Phi) is 4.67. The van der Waals surface area contributed by atoms with Gasteiger partial charge in [0.1, 0.15) is 5.82 Å². The van der Waals surface area contributed by atoms with Gasteiger partial charge < -0.3 is 15.1 Å². The van der Waals surface area contributed by atoms with Gasteiger partial charge in [0, 0.05) is 31.8 Å². The molecule has 3 aliphatic rings. The quantitative estimate of drug-likeness (QED) is 0.852. The number of amidine groups is 1. The zero-order valence-corrected chi connectivity index (χ0v) is 15.0. The summed E-state index contributed by atoms with van der Waals surface area (Å²) in [7, 11) is 0. The SMILES string of the molecule is O=C(CC1=CSC2=NCCN12)N[C@H]1CC(=O)N(Cc2cccc(F)c2)C1. The number of halogens is 1. The van der Waals surface area contributed by atoms with Gasteiger partial charge in [-0.05, 0) is 23.1 Å². The molecule has 26 heavy (non-hydrogen) atoms. The first kappa shape index (κ1) is 17.1. The number of carbonyl (C=O) groups excluding carboxylic acids is 2. The summed E-state index contributed by atoms with van der Waals surface area (Å²) in [5.41, 5.74) is 1.71. The van der Waals surface area contributed by atoms with Gasteiger partial charge in [-0.1, -0.05) is 23.9 Å². The number of hydrogen-bond acceptors (Lipinski definition) is 5. The molecule has 1 N–H and O–H groups in total. The lowest BCUT2D eigenvalue weighted by atomic mass is 10.2. The van der Waals surface area contributed by atoms with E-state index in [2.05, 4.69) is 15.2 Å². The molecule has 0 spiro atoms. The summed E-state index contributed by atoms with van der Waals surface area (Å²) >= 11 is 1.55. The molecule has 1 aromatic carbocycles. The predicted molar refractivity (Wildman–Crippen MR) is 97.7 cm³/mol. The third-order valence-corrected chi connectivity index (χ3v) is 5.58. The average Bonchev–Trinajstić information content (AvgIpc) is 3.27. The van der Waals surface area contributed by atoms with E-state index in [1.54, 1.807) is 28.8 Å². The van der Waals surface area contributed by atoms with Crippen LogP contribution in [-0.4, -0.2) is 52.5 Å². The first-order valence-electron chi connectivity index (χ1n) is 8.58. The van der Waals surface area contributed by atoms with Crippen LogP contribution >= 0.6 is 11.8 Å². The van der Waals surface area contributed by atoms with Gasteiger partial charge in [0.2, 0.25) is 11.8 Å². The Hall–Kier alpha value is -2.35. The maximum Gasteiger partial charge on any atom is 0.226 e. The zero-order valence-electron chi connectivity index (χ0n) is 14.2. The number of rotatable bonds is 5. The molecule has 0 aliphatic carbocycles. The lowest BCUT2D eigenvalue weighted by Crippen LogP contribution is -2.38. The van der Waals surface area contributed by atoms with Gasteiger partial charge in [0.15, 0.2) is 5.17 Å². The fraction of sp³-hybridized carbons (Fsp3) is 0.389. The van der Waals surface area contributed by atoms with Gasteiger partial charge in [0.05, 0.1) is 19.0 Å². The number of aliphatic imine (C=N–C) groups is 1. The summed E-state index contributed by atoms with van der Waals surface area (Å²) in [5.74, 6) is -0.425. The second kappa shape index (κ2) is 7.11. The molecule has 0 saturated carbocycles. The molecular formula is C18H19FN4O2S. The molecule has 3 heterocycles. The van der Waals surface area contributed by atoms with Crippen molar-refractivity contribution in [3.63, 3.8) is 0 Å². The van der Waals surface area contributed by atoms with Gasteiger partial charge in [-0.25, -0.2) is 4.39 Å². The van der Waals surface area contributed by atoms with Crippen LogP contribution in [0.5, 0.6) is 0 Å². The average molecular weight is 374 g/mol. The number of nitrogens with one attached hydrogen (secondary N) is 1. The number of carbonyl (C=O) groups is 2. The van der Waals surface area contributed by atoms with E-state index in [0.29, 0.717) is 19.5 Å². The van der Waals surface area contributed by atoms with E-state index in [-0.39, 0.29) is 30.1 Å². The number of nitrogens with zero attached hydrogens (tertiary/aromatic N) is 3. The second-order valence-corrected chi connectivity index (χ2v) is 7.43. The molecule has 0 bridgehead atoms. The Labute approximate surface area is 155 Å². The summed E-state index contributed by atoms with van der Waals surface area (Å²) in [4.78, 5) is 32.6. The maximum absolute atomic E-state index is 13.3. The first-order valence-corrected chi connectivity index (χ1v) is 9.46. The van der Waals surface area contributed by atoms with Crippen molar-refractivity contribution < 1.29 is 14.0 Å². The Morgan fingerprint density at radius 3 is 3.15 bits per heavy atom. The molecule has 0 aromatic heterocycles. The molecule has 0 radical (unpaired) electrons. The minimum absolute atomic E-state index is 0.0239. The van der Waals surface area contributed by atoms with Gasteiger partial charge in [0.25, 0.3) is 0 Å². The Balaban J connectivity index is 1.30. The van der Waals surface area contributed by atoms with Crippen LogP contribution in [0.25, 0.3) is 0 Å². The first-order chi connectivity index (χ1) is 12.6. The third kappa shape index (κ3) is 3.60. The van der Waals surface area contributed by atoms with Crippen molar-refractivity contribution in [2.24, 2.45) is 4.99 Å². The maximum atomic E-state index is 13.3. The fourth-order valence-electron chi connectivity index (χ4n) is 3.44. The van der Waals surface area contributed by atoms with Crippen LogP contribution in [0.1, 0.15) is 18.4 Å². The molecule has 1 fully saturated rings. The molecule has 1 atom stereocenters. The minimum Gasteiger partial charge on any atom is -0.351 e. The number of fused-ring (bicyclic) bond motifs is 1. The molecule has 1 saturated heterocycles. The molecular weight excluding hydrogens is 355 g/mol.